The number of anilines is 5. The Bertz CT molecular complexity index is 2380. The number of nitrogens with one attached hydrogen (secondary N) is 2. The molecule has 0 saturated heterocycles. The maximum Gasteiger partial charge on any atom is 0.204 e. The van der Waals surface area contributed by atoms with Crippen molar-refractivity contribution in [1.29, 1.82) is 0 Å². The average molecular weight is 750 g/mol. The van der Waals surface area contributed by atoms with Crippen LogP contribution in [0.2, 0.25) is 0 Å². The lowest BCUT2D eigenvalue weighted by atomic mass is 10.0. The number of ether oxygens (including phenoxy) is 4. The summed E-state index contributed by atoms with van der Waals surface area (Å²) in [5.41, 5.74) is 7.43. The van der Waals surface area contributed by atoms with Gasteiger partial charge in [0.1, 0.15) is 28.7 Å². The van der Waals surface area contributed by atoms with Crippen molar-refractivity contribution >= 4 is 28.4 Å². The third-order valence-electron chi connectivity index (χ3n) is 9.68. The van der Waals surface area contributed by atoms with Gasteiger partial charge in [0.15, 0.2) is 0 Å². The first-order valence-corrected chi connectivity index (χ1v) is 18.9. The molecule has 0 spiro atoms. The molecular formula is C50H43N3O4. The van der Waals surface area contributed by atoms with Crippen LogP contribution in [0.5, 0.6) is 28.7 Å². The monoisotopic (exact) mass is 749 g/mol. The van der Waals surface area contributed by atoms with Crippen molar-refractivity contribution in [3.63, 3.8) is 0 Å². The molecule has 8 rings (SSSR count). The largest absolute Gasteiger partial charge is 0.497 e. The van der Waals surface area contributed by atoms with Crippen molar-refractivity contribution in [3.05, 3.63) is 206 Å². The zero-order valence-electron chi connectivity index (χ0n) is 31.8. The van der Waals surface area contributed by atoms with Gasteiger partial charge in [0, 0.05) is 40.6 Å². The van der Waals surface area contributed by atoms with Gasteiger partial charge in [-0.3, -0.25) is 0 Å². The molecule has 282 valence electrons. The zero-order valence-corrected chi connectivity index (χ0v) is 31.8. The van der Waals surface area contributed by atoms with Crippen LogP contribution < -0.4 is 34.5 Å². The maximum absolute atomic E-state index is 6.74. The smallest absolute Gasteiger partial charge is 0.204 e. The van der Waals surface area contributed by atoms with Crippen LogP contribution in [-0.2, 0) is 0 Å². The van der Waals surface area contributed by atoms with Crippen molar-refractivity contribution < 1.29 is 18.9 Å². The van der Waals surface area contributed by atoms with E-state index < -0.39 is 5.72 Å². The number of rotatable bonds is 14. The second-order valence-corrected chi connectivity index (χ2v) is 13.5. The van der Waals surface area contributed by atoms with Crippen molar-refractivity contribution in [1.82, 2.24) is 0 Å². The number of para-hydroxylation sites is 2. The Kier molecular flexibility index (Phi) is 10.9. The van der Waals surface area contributed by atoms with Crippen molar-refractivity contribution in [3.8, 4) is 39.9 Å². The van der Waals surface area contributed by atoms with Crippen LogP contribution in [-0.4, -0.2) is 19.9 Å². The molecule has 57 heavy (non-hydrogen) atoms. The fraction of sp³-hybridized carbons (Fsp3) is 0.0800. The Labute approximate surface area is 334 Å². The minimum atomic E-state index is -0.820. The molecule has 1 atom stereocenters. The summed E-state index contributed by atoms with van der Waals surface area (Å²) < 4.78 is 23.7. The van der Waals surface area contributed by atoms with Crippen molar-refractivity contribution in [2.24, 2.45) is 0 Å². The Morgan fingerprint density at radius 3 is 1.42 bits per heavy atom. The van der Waals surface area contributed by atoms with Gasteiger partial charge in [-0.1, -0.05) is 66.7 Å². The molecule has 7 aromatic carbocycles. The molecule has 0 aromatic heterocycles. The summed E-state index contributed by atoms with van der Waals surface area (Å²) >= 11 is 0. The van der Waals surface area contributed by atoms with E-state index in [1.54, 1.807) is 14.2 Å². The minimum absolute atomic E-state index is 0.582. The van der Waals surface area contributed by atoms with E-state index in [9.17, 15) is 0 Å². The molecular weight excluding hydrogens is 707 g/mol. The summed E-state index contributed by atoms with van der Waals surface area (Å²) in [7, 11) is 3.33. The van der Waals surface area contributed by atoms with E-state index in [2.05, 4.69) is 113 Å². The number of methoxy groups -OCH3 is 2. The van der Waals surface area contributed by atoms with Gasteiger partial charge in [-0.05, 0) is 145 Å². The molecule has 1 aliphatic rings. The predicted octanol–water partition coefficient (Wildman–Crippen LogP) is 12.8. The van der Waals surface area contributed by atoms with Crippen LogP contribution in [0.3, 0.4) is 0 Å². The predicted molar refractivity (Wildman–Crippen MR) is 232 cm³/mol. The van der Waals surface area contributed by atoms with Crippen LogP contribution in [0.4, 0.5) is 28.4 Å². The molecule has 7 aromatic rings. The van der Waals surface area contributed by atoms with Crippen LogP contribution in [0.1, 0.15) is 6.42 Å². The van der Waals surface area contributed by atoms with Gasteiger partial charge < -0.3 is 34.5 Å². The highest BCUT2D eigenvalue weighted by molar-refractivity contribution is 5.76. The molecule has 0 amide bonds. The quantitative estimate of drug-likeness (QED) is 0.107. The highest BCUT2D eigenvalue weighted by Crippen LogP contribution is 2.37. The van der Waals surface area contributed by atoms with Crippen LogP contribution in [0.25, 0.3) is 11.1 Å². The Morgan fingerprint density at radius 1 is 0.474 bits per heavy atom. The van der Waals surface area contributed by atoms with Gasteiger partial charge in [-0.15, -0.1) is 0 Å². The standard InChI is InChI=1S/C50H43N3O4/c1-54-45-27-17-39(18-28-45)51-40-33-35-50(36-34-40,52-41-19-29-46(55-2)30-20-41)57-49-25-15-38(16-26-49)37-13-23-47(24-14-37)56-48-31-21-44(22-32-48)53(42-9-5-3-6-10-42)43-11-7-4-8-12-43/h3-35,51-52H,36H2,1-2H3. The number of allylic oxidation sites excluding steroid dienone is 1. The third-order valence-corrected chi connectivity index (χ3v) is 9.68. The van der Waals surface area contributed by atoms with Gasteiger partial charge >= 0.3 is 0 Å². The molecule has 2 N–H and O–H groups in total. The number of nitrogens with zero attached hydrogens (tertiary/aromatic N) is 1. The van der Waals surface area contributed by atoms with E-state index in [1.807, 2.05) is 103 Å². The van der Waals surface area contributed by atoms with Gasteiger partial charge in [0.2, 0.25) is 5.72 Å². The maximum atomic E-state index is 6.74. The Balaban J connectivity index is 0.939. The van der Waals surface area contributed by atoms with Crippen LogP contribution >= 0.6 is 0 Å². The van der Waals surface area contributed by atoms with Gasteiger partial charge in [-0.2, -0.15) is 0 Å². The molecule has 0 saturated carbocycles. The van der Waals surface area contributed by atoms with Gasteiger partial charge in [0.25, 0.3) is 0 Å². The van der Waals surface area contributed by atoms with E-state index in [-0.39, 0.29) is 0 Å². The topological polar surface area (TPSA) is 64.2 Å². The van der Waals surface area contributed by atoms with Crippen LogP contribution in [0.15, 0.2) is 206 Å². The highest BCUT2D eigenvalue weighted by atomic mass is 16.5. The van der Waals surface area contributed by atoms with Crippen molar-refractivity contribution in [2.75, 3.05) is 29.8 Å². The Hall–Kier alpha value is -7.38. The SMILES string of the molecule is COc1ccc(NC2=CCC(Nc3ccc(OC)cc3)(Oc3ccc(-c4ccc(Oc5ccc(N(c6ccccc6)c6ccccc6)cc5)cc4)cc3)C=C2)cc1. The van der Waals surface area contributed by atoms with Crippen molar-refractivity contribution in [2.45, 2.75) is 12.1 Å². The zero-order chi connectivity index (χ0) is 38.9. The second-order valence-electron chi connectivity index (χ2n) is 13.5. The molecule has 7 nitrogen and oxygen atoms in total. The number of hydrogen-bond acceptors (Lipinski definition) is 7. The average Bonchev–Trinajstić information content (AvgIpc) is 3.27. The summed E-state index contributed by atoms with van der Waals surface area (Å²) in [4.78, 5) is 2.23. The van der Waals surface area contributed by atoms with E-state index in [0.717, 1.165) is 74.0 Å². The molecule has 0 bridgehead atoms. The first kappa shape index (κ1) is 36.6. The van der Waals surface area contributed by atoms with Crippen LogP contribution in [0, 0.1) is 0 Å². The molecule has 0 aliphatic heterocycles. The minimum Gasteiger partial charge on any atom is -0.497 e. The molecule has 1 unspecified atom stereocenters. The molecule has 0 radical (unpaired) electrons. The van der Waals surface area contributed by atoms with E-state index >= 15 is 0 Å². The molecule has 0 heterocycles. The summed E-state index contributed by atoms with van der Waals surface area (Å²) in [5.74, 6) is 3.88. The Morgan fingerprint density at radius 2 is 0.930 bits per heavy atom. The third kappa shape index (κ3) is 8.96. The van der Waals surface area contributed by atoms with Gasteiger partial charge in [-0.25, -0.2) is 0 Å². The van der Waals surface area contributed by atoms with E-state index in [0.29, 0.717) is 6.42 Å². The summed E-state index contributed by atoms with van der Waals surface area (Å²) in [6, 6.07) is 60.9. The lowest BCUT2D eigenvalue weighted by Gasteiger charge is -2.35. The summed E-state index contributed by atoms with van der Waals surface area (Å²) in [6.45, 7) is 0. The fourth-order valence-corrected chi connectivity index (χ4v) is 6.71. The highest BCUT2D eigenvalue weighted by Gasteiger charge is 2.31. The van der Waals surface area contributed by atoms with Gasteiger partial charge in [0.05, 0.1) is 14.2 Å². The number of hydrogen-bond donors (Lipinski definition) is 2. The molecule has 0 fully saturated rings. The summed E-state index contributed by atoms with van der Waals surface area (Å²) in [6.07, 6.45) is 6.82. The normalized spacial score (nSPS) is 14.5. The second kappa shape index (κ2) is 17.0. The summed E-state index contributed by atoms with van der Waals surface area (Å²) in [5, 5.41) is 7.10. The first-order chi connectivity index (χ1) is 28.0. The first-order valence-electron chi connectivity index (χ1n) is 18.9. The van der Waals surface area contributed by atoms with E-state index in [1.165, 1.54) is 0 Å². The molecule has 1 aliphatic carbocycles. The number of benzene rings is 7. The lowest BCUT2D eigenvalue weighted by molar-refractivity contribution is 0.152. The fourth-order valence-electron chi connectivity index (χ4n) is 6.71. The lowest BCUT2D eigenvalue weighted by Crippen LogP contribution is -2.43. The molecule has 7 heteroatoms. The van der Waals surface area contributed by atoms with E-state index in [4.69, 9.17) is 18.9 Å².